The van der Waals surface area contributed by atoms with Crippen LogP contribution in [0.15, 0.2) is 17.0 Å². The highest BCUT2D eigenvalue weighted by atomic mass is 32.3. The Bertz CT molecular complexity index is 482. The zero-order chi connectivity index (χ0) is 10.9. The molecule has 0 aliphatic carbocycles. The molecule has 0 fully saturated rings. The average molecular weight is 217 g/mol. The van der Waals surface area contributed by atoms with Crippen LogP contribution < -0.4 is 5.73 Å². The van der Waals surface area contributed by atoms with Crippen molar-refractivity contribution in [3.8, 4) is 0 Å². The lowest BCUT2D eigenvalue weighted by atomic mass is 10.1. The molecule has 0 spiro atoms. The Morgan fingerprint density at radius 1 is 1.43 bits per heavy atom. The number of aldehydes is 1. The van der Waals surface area contributed by atoms with Gasteiger partial charge in [0.1, 0.15) is 11.2 Å². The largest absolute Gasteiger partial charge is 0.398 e. The van der Waals surface area contributed by atoms with E-state index in [2.05, 4.69) is 0 Å². The second-order valence-electron chi connectivity index (χ2n) is 2.78. The highest BCUT2D eigenvalue weighted by Gasteiger charge is 2.15. The monoisotopic (exact) mass is 217 g/mol. The maximum atomic E-state index is 12.5. The smallest absolute Gasteiger partial charge is 0.332 e. The first kappa shape index (κ1) is 10.6. The number of nitrogen functional groups attached to an aromatic ring is 1. The van der Waals surface area contributed by atoms with E-state index in [1.54, 1.807) is 6.92 Å². The molecule has 0 saturated heterocycles. The van der Waals surface area contributed by atoms with E-state index in [9.17, 15) is 17.1 Å². The van der Waals surface area contributed by atoms with Crippen molar-refractivity contribution in [1.82, 2.24) is 0 Å². The number of rotatable bonds is 2. The molecule has 1 aromatic rings. The minimum atomic E-state index is -4.81. The SMILES string of the molecule is Cc1c(N)cc(S(=O)(=O)F)cc1C=O. The molecule has 6 heteroatoms. The predicted molar refractivity (Wildman–Crippen MR) is 49.3 cm³/mol. The summed E-state index contributed by atoms with van der Waals surface area (Å²) in [4.78, 5) is 9.89. The summed E-state index contributed by atoms with van der Waals surface area (Å²) < 4.78 is 33.6. The second-order valence-corrected chi connectivity index (χ2v) is 4.13. The molecular weight excluding hydrogens is 209 g/mol. The van der Waals surface area contributed by atoms with E-state index in [-0.39, 0.29) is 11.3 Å². The highest BCUT2D eigenvalue weighted by Crippen LogP contribution is 2.22. The molecule has 0 unspecified atom stereocenters. The van der Waals surface area contributed by atoms with Crippen LogP contribution >= 0.6 is 0 Å². The summed E-state index contributed by atoms with van der Waals surface area (Å²) in [7, 11) is -4.81. The molecule has 0 aliphatic heterocycles. The molecule has 0 aromatic heterocycles. The summed E-state index contributed by atoms with van der Waals surface area (Å²) in [5, 5.41) is 0. The van der Waals surface area contributed by atoms with Crippen molar-refractivity contribution in [2.24, 2.45) is 0 Å². The van der Waals surface area contributed by atoms with Crippen LogP contribution in [-0.2, 0) is 10.2 Å². The first-order valence-electron chi connectivity index (χ1n) is 3.66. The van der Waals surface area contributed by atoms with Gasteiger partial charge in [0.05, 0.1) is 0 Å². The minimum Gasteiger partial charge on any atom is -0.398 e. The number of carbonyl (C=O) groups excluding carboxylic acids is 1. The molecule has 0 radical (unpaired) electrons. The molecule has 1 aromatic carbocycles. The van der Waals surface area contributed by atoms with Crippen molar-refractivity contribution in [3.05, 3.63) is 23.3 Å². The number of carbonyl (C=O) groups is 1. The van der Waals surface area contributed by atoms with Crippen molar-refractivity contribution in [2.45, 2.75) is 11.8 Å². The van der Waals surface area contributed by atoms with Crippen molar-refractivity contribution in [2.75, 3.05) is 5.73 Å². The Morgan fingerprint density at radius 2 is 2.00 bits per heavy atom. The number of halogens is 1. The summed E-state index contributed by atoms with van der Waals surface area (Å²) in [6.07, 6.45) is 0.431. The number of hydrogen-bond donors (Lipinski definition) is 1. The van der Waals surface area contributed by atoms with Gasteiger partial charge in [-0.1, -0.05) is 0 Å². The molecule has 0 amide bonds. The standard InChI is InChI=1S/C8H8FNO3S/c1-5-6(4-11)2-7(3-8(5)10)14(9,12)13/h2-4H,10H2,1H3. The molecule has 2 N–H and O–H groups in total. The Balaban J connectivity index is 3.53. The summed E-state index contributed by atoms with van der Waals surface area (Å²) in [6.45, 7) is 1.55. The summed E-state index contributed by atoms with van der Waals surface area (Å²) in [5.74, 6) is 0. The fourth-order valence-electron chi connectivity index (χ4n) is 0.995. The van der Waals surface area contributed by atoms with Gasteiger partial charge >= 0.3 is 10.2 Å². The summed E-state index contributed by atoms with van der Waals surface area (Å²) >= 11 is 0. The molecule has 0 bridgehead atoms. The molecular formula is C8H8FNO3S. The molecule has 76 valence electrons. The van der Waals surface area contributed by atoms with Gasteiger partial charge in [0.2, 0.25) is 0 Å². The number of anilines is 1. The third-order valence-electron chi connectivity index (χ3n) is 1.87. The van der Waals surface area contributed by atoms with E-state index < -0.39 is 15.1 Å². The number of benzene rings is 1. The number of nitrogens with two attached hydrogens (primary N) is 1. The summed E-state index contributed by atoms with van der Waals surface area (Å²) in [5.41, 5.74) is 5.99. The van der Waals surface area contributed by atoms with Crippen LogP contribution in [-0.4, -0.2) is 14.7 Å². The Hall–Kier alpha value is -1.43. The fraction of sp³-hybridized carbons (Fsp3) is 0.125. The van der Waals surface area contributed by atoms with Crippen molar-refractivity contribution >= 4 is 22.2 Å². The van der Waals surface area contributed by atoms with E-state index in [0.29, 0.717) is 11.8 Å². The molecule has 0 heterocycles. The van der Waals surface area contributed by atoms with Crippen LogP contribution in [0.1, 0.15) is 15.9 Å². The van der Waals surface area contributed by atoms with Gasteiger partial charge in [0, 0.05) is 11.3 Å². The van der Waals surface area contributed by atoms with Crippen LogP contribution in [0.4, 0.5) is 9.57 Å². The van der Waals surface area contributed by atoms with Crippen LogP contribution in [0.25, 0.3) is 0 Å². The van der Waals surface area contributed by atoms with Crippen LogP contribution in [0.5, 0.6) is 0 Å². The van der Waals surface area contributed by atoms with Gasteiger partial charge in [-0.3, -0.25) is 4.79 Å². The van der Waals surface area contributed by atoms with Gasteiger partial charge in [0.15, 0.2) is 0 Å². The van der Waals surface area contributed by atoms with Gasteiger partial charge in [-0.15, -0.1) is 3.89 Å². The lowest BCUT2D eigenvalue weighted by molar-refractivity contribution is 0.112. The normalized spacial score (nSPS) is 11.3. The molecule has 0 atom stereocenters. The lowest BCUT2D eigenvalue weighted by Gasteiger charge is -2.04. The third-order valence-corrected chi connectivity index (χ3v) is 2.67. The predicted octanol–water partition coefficient (Wildman–Crippen LogP) is 1.05. The first-order valence-corrected chi connectivity index (χ1v) is 5.04. The van der Waals surface area contributed by atoms with Crippen molar-refractivity contribution in [3.63, 3.8) is 0 Å². The van der Waals surface area contributed by atoms with E-state index >= 15 is 0 Å². The topological polar surface area (TPSA) is 77.2 Å². The maximum Gasteiger partial charge on any atom is 0.332 e. The first-order chi connectivity index (χ1) is 6.36. The highest BCUT2D eigenvalue weighted by molar-refractivity contribution is 7.86. The summed E-state index contributed by atoms with van der Waals surface area (Å²) in [6, 6.07) is 1.94. The Labute approximate surface area is 80.7 Å². The van der Waals surface area contributed by atoms with Crippen LogP contribution in [0.3, 0.4) is 0 Å². The van der Waals surface area contributed by atoms with E-state index in [1.807, 2.05) is 0 Å². The van der Waals surface area contributed by atoms with Gasteiger partial charge < -0.3 is 5.73 Å². The molecule has 14 heavy (non-hydrogen) atoms. The molecule has 1 rings (SSSR count). The third kappa shape index (κ3) is 1.90. The van der Waals surface area contributed by atoms with Crippen molar-refractivity contribution in [1.29, 1.82) is 0 Å². The van der Waals surface area contributed by atoms with Gasteiger partial charge in [-0.25, -0.2) is 0 Å². The molecule has 4 nitrogen and oxygen atoms in total. The minimum absolute atomic E-state index is 0.0706. The zero-order valence-electron chi connectivity index (χ0n) is 7.32. The zero-order valence-corrected chi connectivity index (χ0v) is 8.14. The molecule has 0 aliphatic rings. The Morgan fingerprint density at radius 3 is 2.43 bits per heavy atom. The van der Waals surface area contributed by atoms with E-state index in [0.717, 1.165) is 12.1 Å². The molecule has 0 saturated carbocycles. The van der Waals surface area contributed by atoms with Gasteiger partial charge in [-0.05, 0) is 24.6 Å². The second kappa shape index (κ2) is 3.38. The van der Waals surface area contributed by atoms with E-state index in [1.165, 1.54) is 0 Å². The number of hydrogen-bond acceptors (Lipinski definition) is 4. The Kier molecular flexibility index (Phi) is 2.57. The van der Waals surface area contributed by atoms with Crippen molar-refractivity contribution < 1.29 is 17.1 Å². The average Bonchev–Trinajstić information content (AvgIpc) is 2.07. The van der Waals surface area contributed by atoms with Gasteiger partial charge in [-0.2, -0.15) is 8.42 Å². The maximum absolute atomic E-state index is 12.5. The fourth-order valence-corrected chi connectivity index (χ4v) is 1.53. The van der Waals surface area contributed by atoms with E-state index in [4.69, 9.17) is 5.73 Å². The lowest BCUT2D eigenvalue weighted by Crippen LogP contribution is -2.00. The van der Waals surface area contributed by atoms with Gasteiger partial charge in [0.25, 0.3) is 0 Å². The van der Waals surface area contributed by atoms with Crippen LogP contribution in [0.2, 0.25) is 0 Å². The quantitative estimate of drug-likeness (QED) is 0.456. The van der Waals surface area contributed by atoms with Crippen LogP contribution in [0, 0.1) is 6.92 Å².